The summed E-state index contributed by atoms with van der Waals surface area (Å²) >= 11 is 0. The number of rotatable bonds is 22. The molecule has 0 atom stereocenters. The van der Waals surface area contributed by atoms with Crippen molar-refractivity contribution in [2.24, 2.45) is 0 Å². The molecule has 0 aromatic carbocycles. The van der Waals surface area contributed by atoms with Crippen LogP contribution < -0.4 is 20.4 Å². The smallest absolute Gasteiger partial charge is 0.545 e. The monoisotopic (exact) mass is 556 g/mol. The molecule has 0 fully saturated rings. The molecule has 0 rings (SSSR count). The van der Waals surface area contributed by atoms with E-state index in [9.17, 15) is 39.6 Å². The molecule has 10 heteroatoms. The molecule has 208 valence electrons. The summed E-state index contributed by atoms with van der Waals surface area (Å²) in [6, 6.07) is 0. The van der Waals surface area contributed by atoms with Crippen molar-refractivity contribution in [3.8, 4) is 0 Å². The summed E-state index contributed by atoms with van der Waals surface area (Å²) in [5.41, 5.74) is -0.359. The first-order chi connectivity index (χ1) is 17.1. The average molecular weight is 557 g/mol. The molecular formula is C28H44Mg2O8. The molecule has 0 aliphatic rings. The Morgan fingerprint density at radius 3 is 0.895 bits per heavy atom. The van der Waals surface area contributed by atoms with Crippen molar-refractivity contribution in [3.63, 3.8) is 0 Å². The number of carbonyl (C=O) groups is 4. The summed E-state index contributed by atoms with van der Waals surface area (Å²) in [5, 5.41) is 41.7. The molecule has 0 unspecified atom stereocenters. The third-order valence-corrected chi connectivity index (χ3v) is 5.71. The first-order valence-electron chi connectivity index (χ1n) is 13.4. The zero-order valence-electron chi connectivity index (χ0n) is 23.6. The van der Waals surface area contributed by atoms with E-state index in [1.54, 1.807) is 0 Å². The molecule has 0 saturated carbocycles. The van der Waals surface area contributed by atoms with Crippen LogP contribution >= 0.6 is 0 Å². The predicted molar refractivity (Wildman–Crippen MR) is 142 cm³/mol. The fraction of sp³-hybridized carbons (Fsp3) is 0.714. The van der Waals surface area contributed by atoms with Crippen molar-refractivity contribution in [2.45, 2.75) is 129 Å². The molecule has 0 bridgehead atoms. The van der Waals surface area contributed by atoms with Gasteiger partial charge in [0, 0.05) is 0 Å². The van der Waals surface area contributed by atoms with Crippen LogP contribution in [0.2, 0.25) is 0 Å². The van der Waals surface area contributed by atoms with E-state index in [4.69, 9.17) is 0 Å². The maximum Gasteiger partial charge on any atom is 2.00 e. The van der Waals surface area contributed by atoms with Gasteiger partial charge in [0.25, 0.3) is 0 Å². The maximum atomic E-state index is 10.6. The van der Waals surface area contributed by atoms with E-state index in [1.807, 2.05) is 0 Å². The van der Waals surface area contributed by atoms with Gasteiger partial charge in [-0.05, 0) is 49.0 Å². The maximum absolute atomic E-state index is 10.6. The Kier molecular flexibility index (Phi) is 37.1. The van der Waals surface area contributed by atoms with Crippen molar-refractivity contribution in [1.29, 1.82) is 0 Å². The Morgan fingerprint density at radius 2 is 0.684 bits per heavy atom. The van der Waals surface area contributed by atoms with E-state index in [-0.39, 0.29) is 70.1 Å². The van der Waals surface area contributed by atoms with Crippen LogP contribution in [0.4, 0.5) is 0 Å². The Balaban J connectivity index is -0.000000289. The van der Waals surface area contributed by atoms with Crippen LogP contribution in [0, 0.1) is 0 Å². The van der Waals surface area contributed by atoms with Gasteiger partial charge < -0.3 is 39.6 Å². The van der Waals surface area contributed by atoms with E-state index in [0.29, 0.717) is 25.0 Å². The van der Waals surface area contributed by atoms with Crippen molar-refractivity contribution < 1.29 is 39.6 Å². The minimum Gasteiger partial charge on any atom is -0.545 e. The summed E-state index contributed by atoms with van der Waals surface area (Å²) in [7, 11) is 0. The summed E-state index contributed by atoms with van der Waals surface area (Å²) < 4.78 is 0. The van der Waals surface area contributed by atoms with Crippen LogP contribution in [-0.4, -0.2) is 70.0 Å². The number of hydrogen-bond acceptors (Lipinski definition) is 8. The molecule has 0 saturated heterocycles. The molecule has 0 radical (unpaired) electrons. The second-order valence-corrected chi connectivity index (χ2v) is 9.00. The molecule has 0 spiro atoms. The Bertz CT molecular complexity index is 632. The fourth-order valence-corrected chi connectivity index (χ4v) is 3.65. The van der Waals surface area contributed by atoms with Gasteiger partial charge >= 0.3 is 46.1 Å². The molecule has 0 heterocycles. The third kappa shape index (κ3) is 32.9. The van der Waals surface area contributed by atoms with Gasteiger partial charge in [-0.15, -0.1) is 0 Å². The molecule has 8 nitrogen and oxygen atoms in total. The Morgan fingerprint density at radius 1 is 0.447 bits per heavy atom. The number of aliphatic carboxylic acids is 4. The summed E-state index contributed by atoms with van der Waals surface area (Å²) in [5.74, 6) is -5.79. The van der Waals surface area contributed by atoms with Gasteiger partial charge in [-0.25, -0.2) is 0 Å². The first kappa shape index (κ1) is 43.9. The van der Waals surface area contributed by atoms with Gasteiger partial charge in [0.05, 0.1) is 23.9 Å². The zero-order valence-corrected chi connectivity index (χ0v) is 26.4. The van der Waals surface area contributed by atoms with Crippen molar-refractivity contribution >= 4 is 70.0 Å². The van der Waals surface area contributed by atoms with Gasteiger partial charge in [0.15, 0.2) is 0 Å². The van der Waals surface area contributed by atoms with Crippen LogP contribution in [0.1, 0.15) is 129 Å². The van der Waals surface area contributed by atoms with Crippen LogP contribution in [0.15, 0.2) is 23.3 Å². The normalized spacial score (nSPS) is 10.9. The first-order valence-corrected chi connectivity index (χ1v) is 13.4. The van der Waals surface area contributed by atoms with Crippen molar-refractivity contribution in [1.82, 2.24) is 0 Å². The van der Waals surface area contributed by atoms with E-state index >= 15 is 0 Å². The molecular weight excluding hydrogens is 513 g/mol. The van der Waals surface area contributed by atoms with E-state index in [2.05, 4.69) is 13.8 Å². The van der Waals surface area contributed by atoms with E-state index < -0.39 is 23.9 Å². The minimum absolute atomic E-state index is 0. The number of carboxylic acids is 4. The predicted octanol–water partition coefficient (Wildman–Crippen LogP) is 1.13. The largest absolute Gasteiger partial charge is 2.00 e. The standard InChI is InChI=1S/2C14H24O4.2Mg/c2*1-2-3-4-5-6-7-8-9-10-12(14(17)18)11-13(15)16;;/h2*11H,2-10H2,1H3,(H,15,16)(H,17,18);;/q;;2*+2/p-4/b2*12-11-;;. The zero-order chi connectivity index (χ0) is 27.6. The van der Waals surface area contributed by atoms with Crippen molar-refractivity contribution in [2.75, 3.05) is 0 Å². The van der Waals surface area contributed by atoms with Gasteiger partial charge in [-0.3, -0.25) is 0 Å². The van der Waals surface area contributed by atoms with Crippen molar-refractivity contribution in [3.05, 3.63) is 23.3 Å². The van der Waals surface area contributed by atoms with Crippen LogP contribution in [0.25, 0.3) is 0 Å². The molecule has 0 amide bonds. The van der Waals surface area contributed by atoms with Gasteiger partial charge in [-0.1, -0.05) is 104 Å². The number of unbranched alkanes of at least 4 members (excludes halogenated alkanes) is 14. The van der Waals surface area contributed by atoms with Gasteiger partial charge in [0.2, 0.25) is 0 Å². The number of carboxylic acid groups (broad SMARTS) is 4. The van der Waals surface area contributed by atoms with Crippen LogP contribution in [-0.2, 0) is 19.2 Å². The van der Waals surface area contributed by atoms with Gasteiger partial charge in [0.1, 0.15) is 0 Å². The summed E-state index contributed by atoms with van der Waals surface area (Å²) in [6.45, 7) is 4.34. The van der Waals surface area contributed by atoms with Crippen LogP contribution in [0.5, 0.6) is 0 Å². The topological polar surface area (TPSA) is 161 Å². The van der Waals surface area contributed by atoms with Crippen LogP contribution in [0.3, 0.4) is 0 Å². The van der Waals surface area contributed by atoms with Gasteiger partial charge in [-0.2, -0.15) is 0 Å². The summed E-state index contributed by atoms with van der Waals surface area (Å²) in [4.78, 5) is 41.7. The van der Waals surface area contributed by atoms with E-state index in [0.717, 1.165) is 38.5 Å². The molecule has 38 heavy (non-hydrogen) atoms. The minimum atomic E-state index is -1.48. The number of hydrogen-bond donors (Lipinski definition) is 0. The molecule has 0 aliphatic carbocycles. The Labute approximate surface area is 261 Å². The molecule has 0 aromatic heterocycles. The van der Waals surface area contributed by atoms with E-state index in [1.165, 1.54) is 51.4 Å². The fourth-order valence-electron chi connectivity index (χ4n) is 3.65. The molecule has 0 aliphatic heterocycles. The second-order valence-electron chi connectivity index (χ2n) is 9.00. The number of carbonyl (C=O) groups excluding carboxylic acids is 4. The second kappa shape index (κ2) is 32.1. The SMILES string of the molecule is CCCCCCCCCC/C(=C/C(=O)[O-])C(=O)[O-].CCCCCCCCCC/C(=C/C(=O)[O-])C(=O)[O-].[Mg+2].[Mg+2]. The summed E-state index contributed by atoms with van der Waals surface area (Å²) in [6.07, 6.45) is 19.3. The molecule has 0 N–H and O–H groups in total. The average Bonchev–Trinajstić information content (AvgIpc) is 2.80. The molecule has 0 aromatic rings. The quantitative estimate of drug-likeness (QED) is 0.109. The third-order valence-electron chi connectivity index (χ3n) is 5.71. The Hall–Kier alpha value is -1.11.